The number of thiazole rings is 1. The van der Waals surface area contributed by atoms with Crippen molar-refractivity contribution in [3.8, 4) is 0 Å². The van der Waals surface area contributed by atoms with E-state index in [1.165, 1.54) is 17.8 Å². The zero-order chi connectivity index (χ0) is 9.84. The van der Waals surface area contributed by atoms with Gasteiger partial charge in [0.15, 0.2) is 5.13 Å². The smallest absolute Gasteiger partial charge is 0.184 e. The molecule has 0 aliphatic rings. The second-order valence-electron chi connectivity index (χ2n) is 3.29. The van der Waals surface area contributed by atoms with Gasteiger partial charge in [0.2, 0.25) is 0 Å². The fraction of sp³-hybridized carbons (Fsp3) is 0.667. The Morgan fingerprint density at radius 1 is 1.62 bits per heavy atom. The second-order valence-corrected chi connectivity index (χ2v) is 4.95. The van der Waals surface area contributed by atoms with E-state index in [-0.39, 0.29) is 0 Å². The van der Waals surface area contributed by atoms with Crippen LogP contribution in [-0.2, 0) is 0 Å². The van der Waals surface area contributed by atoms with Crippen LogP contribution in [0.1, 0.15) is 27.2 Å². The van der Waals surface area contributed by atoms with Gasteiger partial charge in [-0.15, -0.1) is 0 Å². The standard InChI is InChI=1S/C9H15ClN2S/c1-4-6(2)7(3)12-9-11-5-8(10)13-9/h5-7H,4H2,1-3H3,(H,11,12). The third-order valence-electron chi connectivity index (χ3n) is 2.33. The van der Waals surface area contributed by atoms with E-state index in [4.69, 9.17) is 11.6 Å². The number of anilines is 1. The zero-order valence-corrected chi connectivity index (χ0v) is 9.75. The van der Waals surface area contributed by atoms with E-state index in [1.807, 2.05) is 0 Å². The molecule has 13 heavy (non-hydrogen) atoms. The Morgan fingerprint density at radius 3 is 2.77 bits per heavy atom. The van der Waals surface area contributed by atoms with E-state index in [0.29, 0.717) is 12.0 Å². The lowest BCUT2D eigenvalue weighted by atomic mass is 10.0. The van der Waals surface area contributed by atoms with Crippen molar-refractivity contribution in [2.75, 3.05) is 5.32 Å². The van der Waals surface area contributed by atoms with Gasteiger partial charge < -0.3 is 5.32 Å². The molecule has 1 aromatic rings. The van der Waals surface area contributed by atoms with Crippen molar-refractivity contribution in [3.05, 3.63) is 10.5 Å². The largest absolute Gasteiger partial charge is 0.359 e. The van der Waals surface area contributed by atoms with E-state index >= 15 is 0 Å². The summed E-state index contributed by atoms with van der Waals surface area (Å²) >= 11 is 7.26. The highest BCUT2D eigenvalue weighted by Crippen LogP contribution is 2.24. The molecule has 0 bridgehead atoms. The maximum Gasteiger partial charge on any atom is 0.184 e. The Labute approximate surface area is 88.3 Å². The Balaban J connectivity index is 2.49. The first kappa shape index (κ1) is 10.8. The predicted octanol–water partition coefficient (Wildman–Crippen LogP) is 3.64. The molecule has 0 aromatic carbocycles. The number of halogens is 1. The monoisotopic (exact) mass is 218 g/mol. The minimum absolute atomic E-state index is 0.451. The lowest BCUT2D eigenvalue weighted by Crippen LogP contribution is -2.22. The Kier molecular flexibility index (Phi) is 4.00. The molecule has 0 saturated heterocycles. The summed E-state index contributed by atoms with van der Waals surface area (Å²) in [5.41, 5.74) is 0. The molecule has 0 aliphatic carbocycles. The third kappa shape index (κ3) is 3.16. The lowest BCUT2D eigenvalue weighted by molar-refractivity contribution is 0.494. The summed E-state index contributed by atoms with van der Waals surface area (Å²) in [7, 11) is 0. The first-order valence-electron chi connectivity index (χ1n) is 4.51. The van der Waals surface area contributed by atoms with Gasteiger partial charge in [-0.25, -0.2) is 4.98 Å². The fourth-order valence-electron chi connectivity index (χ4n) is 1.01. The molecule has 1 N–H and O–H groups in total. The third-order valence-corrected chi connectivity index (χ3v) is 3.37. The summed E-state index contributed by atoms with van der Waals surface area (Å²) in [5.74, 6) is 0.655. The predicted molar refractivity (Wildman–Crippen MR) is 59.7 cm³/mol. The van der Waals surface area contributed by atoms with Crippen molar-refractivity contribution in [2.45, 2.75) is 33.2 Å². The SMILES string of the molecule is CCC(C)C(C)Nc1ncc(Cl)s1. The molecule has 2 nitrogen and oxygen atoms in total. The van der Waals surface area contributed by atoms with E-state index in [9.17, 15) is 0 Å². The molecule has 1 aromatic heterocycles. The van der Waals surface area contributed by atoms with Crippen LogP contribution in [0.25, 0.3) is 0 Å². The van der Waals surface area contributed by atoms with E-state index in [1.54, 1.807) is 6.20 Å². The molecule has 0 amide bonds. The quantitative estimate of drug-likeness (QED) is 0.835. The van der Waals surface area contributed by atoms with Crippen LogP contribution in [0.5, 0.6) is 0 Å². The van der Waals surface area contributed by atoms with Gasteiger partial charge in [0, 0.05) is 6.04 Å². The van der Waals surface area contributed by atoms with Crippen molar-refractivity contribution in [1.82, 2.24) is 4.98 Å². The first-order chi connectivity index (χ1) is 6.13. The minimum Gasteiger partial charge on any atom is -0.359 e. The average Bonchev–Trinajstić information content (AvgIpc) is 2.49. The van der Waals surface area contributed by atoms with Crippen LogP contribution in [-0.4, -0.2) is 11.0 Å². The number of nitrogens with zero attached hydrogens (tertiary/aromatic N) is 1. The lowest BCUT2D eigenvalue weighted by Gasteiger charge is -2.18. The van der Waals surface area contributed by atoms with Gasteiger partial charge in [-0.2, -0.15) is 0 Å². The van der Waals surface area contributed by atoms with Gasteiger partial charge in [-0.3, -0.25) is 0 Å². The van der Waals surface area contributed by atoms with Gasteiger partial charge >= 0.3 is 0 Å². The molecular weight excluding hydrogens is 204 g/mol. The minimum atomic E-state index is 0.451. The number of rotatable bonds is 4. The number of hydrogen-bond donors (Lipinski definition) is 1. The highest BCUT2D eigenvalue weighted by atomic mass is 35.5. The van der Waals surface area contributed by atoms with E-state index in [0.717, 1.165) is 9.47 Å². The maximum absolute atomic E-state index is 5.77. The van der Waals surface area contributed by atoms with Crippen molar-refractivity contribution < 1.29 is 0 Å². The van der Waals surface area contributed by atoms with Crippen LogP contribution >= 0.6 is 22.9 Å². The molecule has 1 rings (SSSR count). The molecular formula is C9H15ClN2S. The van der Waals surface area contributed by atoms with E-state index in [2.05, 4.69) is 31.1 Å². The second kappa shape index (κ2) is 4.82. The summed E-state index contributed by atoms with van der Waals surface area (Å²) in [6.45, 7) is 6.59. The zero-order valence-electron chi connectivity index (χ0n) is 8.17. The number of aromatic nitrogens is 1. The van der Waals surface area contributed by atoms with Gasteiger partial charge in [0.25, 0.3) is 0 Å². The summed E-state index contributed by atoms with van der Waals surface area (Å²) < 4.78 is 0.735. The highest BCUT2D eigenvalue weighted by Gasteiger charge is 2.11. The van der Waals surface area contributed by atoms with Crippen LogP contribution in [0.4, 0.5) is 5.13 Å². The topological polar surface area (TPSA) is 24.9 Å². The van der Waals surface area contributed by atoms with Crippen molar-refractivity contribution in [3.63, 3.8) is 0 Å². The number of hydrogen-bond acceptors (Lipinski definition) is 3. The van der Waals surface area contributed by atoms with Crippen molar-refractivity contribution >= 4 is 28.1 Å². The molecule has 0 saturated carbocycles. The molecule has 2 unspecified atom stereocenters. The van der Waals surface area contributed by atoms with Crippen LogP contribution in [0.2, 0.25) is 4.34 Å². The average molecular weight is 219 g/mol. The van der Waals surface area contributed by atoms with Crippen molar-refractivity contribution in [1.29, 1.82) is 0 Å². The molecule has 0 aliphatic heterocycles. The maximum atomic E-state index is 5.77. The molecule has 74 valence electrons. The normalized spacial score (nSPS) is 15.4. The summed E-state index contributed by atoms with van der Waals surface area (Å²) in [6.07, 6.45) is 2.85. The van der Waals surface area contributed by atoms with Crippen LogP contribution in [0.3, 0.4) is 0 Å². The van der Waals surface area contributed by atoms with Crippen molar-refractivity contribution in [2.24, 2.45) is 5.92 Å². The molecule has 2 atom stereocenters. The number of nitrogens with one attached hydrogen (secondary N) is 1. The summed E-state index contributed by atoms with van der Waals surface area (Å²) in [6, 6.07) is 0.451. The Hall–Kier alpha value is -0.280. The molecule has 0 fully saturated rings. The van der Waals surface area contributed by atoms with Gasteiger partial charge in [-0.1, -0.05) is 43.2 Å². The van der Waals surface area contributed by atoms with Crippen LogP contribution in [0, 0.1) is 5.92 Å². The van der Waals surface area contributed by atoms with Crippen LogP contribution < -0.4 is 5.32 Å². The first-order valence-corrected chi connectivity index (χ1v) is 5.70. The molecule has 0 spiro atoms. The molecule has 1 heterocycles. The summed E-state index contributed by atoms with van der Waals surface area (Å²) in [4.78, 5) is 4.15. The Morgan fingerprint density at radius 2 is 2.31 bits per heavy atom. The summed E-state index contributed by atoms with van der Waals surface area (Å²) in [5, 5.41) is 4.25. The Bertz CT molecular complexity index is 262. The van der Waals surface area contributed by atoms with Gasteiger partial charge in [-0.05, 0) is 12.8 Å². The van der Waals surface area contributed by atoms with Gasteiger partial charge in [0.1, 0.15) is 4.34 Å². The van der Waals surface area contributed by atoms with Crippen LogP contribution in [0.15, 0.2) is 6.20 Å². The molecule has 4 heteroatoms. The van der Waals surface area contributed by atoms with Gasteiger partial charge in [0.05, 0.1) is 6.20 Å². The highest BCUT2D eigenvalue weighted by molar-refractivity contribution is 7.19. The fourth-order valence-corrected chi connectivity index (χ4v) is 1.92. The van der Waals surface area contributed by atoms with E-state index < -0.39 is 0 Å². The molecule has 0 radical (unpaired) electrons.